The van der Waals surface area contributed by atoms with Crippen LogP contribution in [0.4, 0.5) is 0 Å². The number of rotatable bonds is 2. The van der Waals surface area contributed by atoms with Crippen LogP contribution < -0.4 is 0 Å². The second-order valence-corrected chi connectivity index (χ2v) is 6.07. The van der Waals surface area contributed by atoms with Gasteiger partial charge in [0.05, 0.1) is 17.6 Å². The third kappa shape index (κ3) is 4.03. The maximum atomic E-state index is 4.44. The average molecular weight is 308 g/mol. The minimum atomic E-state index is 0.124. The van der Waals surface area contributed by atoms with Crippen molar-refractivity contribution in [3.05, 3.63) is 60.8 Å². The molecule has 0 saturated carbocycles. The summed E-state index contributed by atoms with van der Waals surface area (Å²) in [6.45, 7) is 10.6. The standard InChI is InChI=1S/C17H18N4.C2H6/c1-17(2,3)14-5-4-6-15(9-14)21-11-13(10-20-21)16-7-8-18-12-19-16;1-2/h4-12H,1-3H3;1-2H3. The van der Waals surface area contributed by atoms with E-state index < -0.39 is 0 Å². The van der Waals surface area contributed by atoms with Crippen molar-refractivity contribution in [3.63, 3.8) is 0 Å². The summed E-state index contributed by atoms with van der Waals surface area (Å²) in [6, 6.07) is 10.3. The fourth-order valence-electron chi connectivity index (χ4n) is 2.17. The SMILES string of the molecule is CC.CC(C)(C)c1cccc(-n2cc(-c3ccncn3)cn2)c1. The summed E-state index contributed by atoms with van der Waals surface area (Å²) >= 11 is 0. The van der Waals surface area contributed by atoms with Crippen molar-refractivity contribution in [1.29, 1.82) is 0 Å². The molecule has 120 valence electrons. The average Bonchev–Trinajstić information content (AvgIpc) is 3.07. The van der Waals surface area contributed by atoms with E-state index in [1.54, 1.807) is 12.5 Å². The van der Waals surface area contributed by atoms with Gasteiger partial charge in [0.25, 0.3) is 0 Å². The van der Waals surface area contributed by atoms with Gasteiger partial charge in [0.15, 0.2) is 0 Å². The monoisotopic (exact) mass is 308 g/mol. The van der Waals surface area contributed by atoms with Crippen LogP contribution in [0, 0.1) is 0 Å². The third-order valence-corrected chi connectivity index (χ3v) is 3.44. The van der Waals surface area contributed by atoms with Gasteiger partial charge in [-0.1, -0.05) is 46.8 Å². The lowest BCUT2D eigenvalue weighted by Crippen LogP contribution is -2.11. The minimum Gasteiger partial charge on any atom is -0.245 e. The van der Waals surface area contributed by atoms with E-state index in [4.69, 9.17) is 0 Å². The Bertz CT molecular complexity index is 739. The molecule has 0 N–H and O–H groups in total. The Morgan fingerprint density at radius 2 is 1.83 bits per heavy atom. The Morgan fingerprint density at radius 3 is 2.48 bits per heavy atom. The first-order valence-corrected chi connectivity index (χ1v) is 7.96. The number of benzene rings is 1. The van der Waals surface area contributed by atoms with Gasteiger partial charge in [-0.25, -0.2) is 14.6 Å². The topological polar surface area (TPSA) is 43.6 Å². The molecule has 1 aromatic carbocycles. The predicted molar refractivity (Wildman–Crippen MR) is 94.6 cm³/mol. The van der Waals surface area contributed by atoms with Gasteiger partial charge in [-0.05, 0) is 29.2 Å². The van der Waals surface area contributed by atoms with Crippen molar-refractivity contribution in [2.45, 2.75) is 40.0 Å². The lowest BCUT2D eigenvalue weighted by atomic mass is 9.87. The molecule has 0 aliphatic rings. The van der Waals surface area contributed by atoms with E-state index >= 15 is 0 Å². The summed E-state index contributed by atoms with van der Waals surface area (Å²) in [5.74, 6) is 0. The fourth-order valence-corrected chi connectivity index (χ4v) is 2.17. The summed E-state index contributed by atoms with van der Waals surface area (Å²) in [4.78, 5) is 8.18. The van der Waals surface area contributed by atoms with E-state index in [0.29, 0.717) is 0 Å². The molecule has 0 saturated heterocycles. The predicted octanol–water partition coefficient (Wildman–Crippen LogP) is 4.65. The van der Waals surface area contributed by atoms with Crippen molar-refractivity contribution < 1.29 is 0 Å². The van der Waals surface area contributed by atoms with E-state index in [1.807, 2.05) is 37.0 Å². The summed E-state index contributed by atoms with van der Waals surface area (Å²) in [7, 11) is 0. The summed E-state index contributed by atoms with van der Waals surface area (Å²) < 4.78 is 1.88. The first-order valence-electron chi connectivity index (χ1n) is 7.96. The third-order valence-electron chi connectivity index (χ3n) is 3.44. The van der Waals surface area contributed by atoms with Crippen molar-refractivity contribution in [3.8, 4) is 16.9 Å². The zero-order valence-electron chi connectivity index (χ0n) is 14.5. The van der Waals surface area contributed by atoms with Gasteiger partial charge in [0.1, 0.15) is 6.33 Å². The second-order valence-electron chi connectivity index (χ2n) is 6.07. The quantitative estimate of drug-likeness (QED) is 0.692. The molecule has 0 spiro atoms. The highest BCUT2D eigenvalue weighted by molar-refractivity contribution is 5.57. The Morgan fingerprint density at radius 1 is 1.04 bits per heavy atom. The maximum Gasteiger partial charge on any atom is 0.116 e. The van der Waals surface area contributed by atoms with E-state index in [0.717, 1.165) is 16.9 Å². The first-order chi connectivity index (χ1) is 11.0. The van der Waals surface area contributed by atoms with Gasteiger partial charge in [-0.15, -0.1) is 0 Å². The molecule has 0 bridgehead atoms. The highest BCUT2D eigenvalue weighted by atomic mass is 15.3. The summed E-state index contributed by atoms with van der Waals surface area (Å²) in [5, 5.41) is 4.44. The molecule has 0 unspecified atom stereocenters. The van der Waals surface area contributed by atoms with Gasteiger partial charge in [-0.2, -0.15) is 5.10 Å². The maximum absolute atomic E-state index is 4.44. The van der Waals surface area contributed by atoms with Crippen LogP contribution in [0.2, 0.25) is 0 Å². The molecule has 3 aromatic rings. The Hall–Kier alpha value is -2.49. The zero-order chi connectivity index (χ0) is 16.9. The molecule has 4 heteroatoms. The lowest BCUT2D eigenvalue weighted by Gasteiger charge is -2.19. The van der Waals surface area contributed by atoms with E-state index in [9.17, 15) is 0 Å². The van der Waals surface area contributed by atoms with Crippen LogP contribution in [-0.2, 0) is 5.41 Å². The van der Waals surface area contributed by atoms with Crippen molar-refractivity contribution in [2.24, 2.45) is 0 Å². The summed E-state index contributed by atoms with van der Waals surface area (Å²) in [5.41, 5.74) is 4.34. The Labute approximate surface area is 138 Å². The molecule has 3 rings (SSSR count). The van der Waals surface area contributed by atoms with Crippen molar-refractivity contribution >= 4 is 0 Å². The molecule has 0 fully saturated rings. The van der Waals surface area contributed by atoms with Crippen LogP contribution in [0.1, 0.15) is 40.2 Å². The molecular formula is C19H24N4. The van der Waals surface area contributed by atoms with Gasteiger partial charge in [0.2, 0.25) is 0 Å². The van der Waals surface area contributed by atoms with E-state index in [1.165, 1.54) is 5.56 Å². The molecule has 0 atom stereocenters. The van der Waals surface area contributed by atoms with Gasteiger partial charge >= 0.3 is 0 Å². The molecule has 0 amide bonds. The summed E-state index contributed by atoms with van der Waals surface area (Å²) in [6.07, 6.45) is 7.10. The highest BCUT2D eigenvalue weighted by Crippen LogP contribution is 2.24. The van der Waals surface area contributed by atoms with Gasteiger partial charge < -0.3 is 0 Å². The number of hydrogen-bond donors (Lipinski definition) is 0. The molecule has 4 nitrogen and oxygen atoms in total. The molecule has 0 radical (unpaired) electrons. The molecule has 0 aliphatic carbocycles. The van der Waals surface area contributed by atoms with Crippen molar-refractivity contribution in [1.82, 2.24) is 19.7 Å². The molecule has 2 heterocycles. The number of nitrogens with zero attached hydrogens (tertiary/aromatic N) is 4. The Kier molecular flexibility index (Phi) is 5.27. The first kappa shape index (κ1) is 16.9. The highest BCUT2D eigenvalue weighted by Gasteiger charge is 2.14. The van der Waals surface area contributed by atoms with Crippen molar-refractivity contribution in [2.75, 3.05) is 0 Å². The fraction of sp³-hybridized carbons (Fsp3) is 0.316. The van der Waals surface area contributed by atoms with Crippen LogP contribution >= 0.6 is 0 Å². The second kappa shape index (κ2) is 7.18. The largest absolute Gasteiger partial charge is 0.245 e. The molecular weight excluding hydrogens is 284 g/mol. The van der Waals surface area contributed by atoms with Crippen LogP contribution in [0.3, 0.4) is 0 Å². The van der Waals surface area contributed by atoms with E-state index in [-0.39, 0.29) is 5.41 Å². The Balaban J connectivity index is 0.000000924. The molecule has 23 heavy (non-hydrogen) atoms. The minimum absolute atomic E-state index is 0.124. The van der Waals surface area contributed by atoms with Crippen LogP contribution in [0.15, 0.2) is 55.2 Å². The molecule has 0 aliphatic heterocycles. The number of aromatic nitrogens is 4. The normalized spacial score (nSPS) is 10.8. The molecule has 2 aromatic heterocycles. The number of hydrogen-bond acceptors (Lipinski definition) is 3. The lowest BCUT2D eigenvalue weighted by molar-refractivity contribution is 0.589. The smallest absolute Gasteiger partial charge is 0.116 e. The van der Waals surface area contributed by atoms with Crippen LogP contribution in [0.25, 0.3) is 16.9 Å². The van der Waals surface area contributed by atoms with Crippen LogP contribution in [-0.4, -0.2) is 19.7 Å². The van der Waals surface area contributed by atoms with Crippen LogP contribution in [0.5, 0.6) is 0 Å². The van der Waals surface area contributed by atoms with Gasteiger partial charge in [-0.3, -0.25) is 0 Å². The van der Waals surface area contributed by atoms with E-state index in [2.05, 4.69) is 60.1 Å². The van der Waals surface area contributed by atoms with Gasteiger partial charge in [0, 0.05) is 18.0 Å². The zero-order valence-corrected chi connectivity index (χ0v) is 14.5.